The summed E-state index contributed by atoms with van der Waals surface area (Å²) < 4.78 is 6.05. The van der Waals surface area contributed by atoms with Crippen molar-refractivity contribution in [2.75, 3.05) is 5.75 Å². The van der Waals surface area contributed by atoms with E-state index in [0.29, 0.717) is 16.9 Å². The van der Waals surface area contributed by atoms with Crippen molar-refractivity contribution in [3.8, 4) is 22.6 Å². The topological polar surface area (TPSA) is 43.1 Å². The van der Waals surface area contributed by atoms with Crippen molar-refractivity contribution in [2.45, 2.75) is 31.9 Å². The van der Waals surface area contributed by atoms with Gasteiger partial charge in [-0.1, -0.05) is 98.8 Å². The molecular weight excluding hydrogens is 366 g/mol. The third-order valence-electron chi connectivity index (χ3n) is 4.38. The molecule has 28 heavy (non-hydrogen) atoms. The van der Waals surface area contributed by atoms with Crippen LogP contribution in [0.5, 0.6) is 0 Å². The van der Waals surface area contributed by atoms with Crippen molar-refractivity contribution in [1.29, 1.82) is 0 Å². The first-order valence-electron chi connectivity index (χ1n) is 9.63. The molecule has 0 N–H and O–H groups in total. The Kier molecular flexibility index (Phi) is 7.26. The monoisotopic (exact) mass is 391 g/mol. The lowest BCUT2D eigenvalue weighted by atomic mass is 10.1. The van der Waals surface area contributed by atoms with E-state index in [9.17, 15) is 4.79 Å². The average molecular weight is 392 g/mol. The van der Waals surface area contributed by atoms with E-state index < -0.39 is 0 Å². The Labute approximate surface area is 170 Å². The first-order valence-corrected chi connectivity index (χ1v) is 10.6. The molecule has 0 aliphatic rings. The second-order valence-corrected chi connectivity index (χ2v) is 7.70. The van der Waals surface area contributed by atoms with Crippen LogP contribution in [-0.4, -0.2) is 16.5 Å². The molecule has 4 heteroatoms. The predicted molar refractivity (Wildman–Crippen MR) is 116 cm³/mol. The molecule has 1 aromatic heterocycles. The van der Waals surface area contributed by atoms with Crippen LogP contribution < -0.4 is 0 Å². The van der Waals surface area contributed by atoms with Gasteiger partial charge in [0.1, 0.15) is 5.69 Å². The van der Waals surface area contributed by atoms with Crippen molar-refractivity contribution >= 4 is 17.5 Å². The molecule has 3 nitrogen and oxygen atoms in total. The largest absolute Gasteiger partial charge is 0.431 e. The van der Waals surface area contributed by atoms with Crippen LogP contribution in [0.3, 0.4) is 0 Å². The van der Waals surface area contributed by atoms with E-state index in [1.807, 2.05) is 66.7 Å². The number of carbonyl (C=O) groups is 1. The molecule has 0 fully saturated rings. The molecular formula is C24H25NO2S. The van der Waals surface area contributed by atoms with Crippen LogP contribution in [0.4, 0.5) is 0 Å². The summed E-state index contributed by atoms with van der Waals surface area (Å²) in [6, 6.07) is 19.9. The van der Waals surface area contributed by atoms with Gasteiger partial charge in [-0.15, -0.1) is 0 Å². The van der Waals surface area contributed by atoms with E-state index in [1.165, 1.54) is 11.8 Å². The normalized spacial score (nSPS) is 12.4. The third-order valence-corrected chi connectivity index (χ3v) is 5.23. The Morgan fingerprint density at radius 2 is 1.71 bits per heavy atom. The van der Waals surface area contributed by atoms with Gasteiger partial charge < -0.3 is 4.42 Å². The molecule has 0 saturated heterocycles. The number of nitrogens with zero attached hydrogens (tertiary/aromatic N) is 1. The second-order valence-electron chi connectivity index (χ2n) is 6.77. The van der Waals surface area contributed by atoms with Crippen molar-refractivity contribution in [3.63, 3.8) is 0 Å². The van der Waals surface area contributed by atoms with Gasteiger partial charge in [0.15, 0.2) is 11.5 Å². The minimum atomic E-state index is 0.0775. The highest BCUT2D eigenvalue weighted by Crippen LogP contribution is 2.35. The quantitative estimate of drug-likeness (QED) is 0.302. The molecule has 0 radical (unpaired) electrons. The number of carbonyl (C=O) groups excluding carboxylic acids is 1. The van der Waals surface area contributed by atoms with E-state index >= 15 is 0 Å². The summed E-state index contributed by atoms with van der Waals surface area (Å²) in [5.41, 5.74) is 2.77. The molecule has 3 rings (SSSR count). The van der Waals surface area contributed by atoms with Crippen LogP contribution in [0.25, 0.3) is 22.6 Å². The van der Waals surface area contributed by atoms with Gasteiger partial charge in [0.25, 0.3) is 5.22 Å². The van der Waals surface area contributed by atoms with E-state index in [2.05, 4.69) is 18.8 Å². The molecule has 0 spiro atoms. The first-order chi connectivity index (χ1) is 13.7. The first kappa shape index (κ1) is 20.2. The van der Waals surface area contributed by atoms with E-state index in [-0.39, 0.29) is 5.78 Å². The number of hydrogen-bond acceptors (Lipinski definition) is 4. The zero-order valence-corrected chi connectivity index (χ0v) is 17.1. The Balaban J connectivity index is 1.77. The summed E-state index contributed by atoms with van der Waals surface area (Å²) in [5, 5.41) is 0.515. The average Bonchev–Trinajstić information content (AvgIpc) is 3.17. The zero-order valence-electron chi connectivity index (χ0n) is 16.3. The number of ketones is 1. The molecule has 3 aromatic rings. The highest BCUT2D eigenvalue weighted by atomic mass is 32.2. The third kappa shape index (κ3) is 5.46. The maximum Gasteiger partial charge on any atom is 0.257 e. The van der Waals surface area contributed by atoms with Gasteiger partial charge in [-0.25, -0.2) is 4.98 Å². The number of oxazole rings is 1. The molecule has 0 aliphatic heterocycles. The Hall–Kier alpha value is -2.59. The van der Waals surface area contributed by atoms with Gasteiger partial charge in [0.05, 0.1) is 5.75 Å². The highest BCUT2D eigenvalue weighted by molar-refractivity contribution is 7.99. The number of hydrogen-bond donors (Lipinski definition) is 0. The predicted octanol–water partition coefficient (Wildman–Crippen LogP) is 6.66. The number of thioether (sulfide) groups is 1. The summed E-state index contributed by atoms with van der Waals surface area (Å²) in [6.07, 6.45) is 5.89. The highest BCUT2D eigenvalue weighted by Gasteiger charge is 2.17. The van der Waals surface area contributed by atoms with Crippen LogP contribution in [-0.2, 0) is 4.79 Å². The second kappa shape index (κ2) is 10.1. The van der Waals surface area contributed by atoms with E-state index in [1.54, 1.807) is 6.08 Å². The van der Waals surface area contributed by atoms with Gasteiger partial charge >= 0.3 is 0 Å². The van der Waals surface area contributed by atoms with E-state index in [0.717, 1.165) is 35.4 Å². The Morgan fingerprint density at radius 1 is 1.07 bits per heavy atom. The summed E-state index contributed by atoms with van der Waals surface area (Å²) in [7, 11) is 0. The van der Waals surface area contributed by atoms with Crippen molar-refractivity contribution < 1.29 is 9.21 Å². The summed E-state index contributed by atoms with van der Waals surface area (Å²) in [5.74, 6) is 1.55. The van der Waals surface area contributed by atoms with Crippen LogP contribution in [0.1, 0.15) is 26.7 Å². The molecule has 0 aliphatic carbocycles. The maximum absolute atomic E-state index is 12.2. The van der Waals surface area contributed by atoms with Crippen LogP contribution in [0.2, 0.25) is 0 Å². The van der Waals surface area contributed by atoms with Crippen LogP contribution in [0.15, 0.2) is 82.5 Å². The van der Waals surface area contributed by atoms with Crippen molar-refractivity contribution in [3.05, 3.63) is 72.8 Å². The van der Waals surface area contributed by atoms with Gasteiger partial charge in [-0.2, -0.15) is 0 Å². The van der Waals surface area contributed by atoms with Crippen LogP contribution >= 0.6 is 11.8 Å². The van der Waals surface area contributed by atoms with Gasteiger partial charge in [0.2, 0.25) is 0 Å². The summed E-state index contributed by atoms with van der Waals surface area (Å²) in [4.78, 5) is 16.9. The van der Waals surface area contributed by atoms with Crippen LogP contribution in [0, 0.1) is 5.92 Å². The fraction of sp³-hybridized carbons (Fsp3) is 0.250. The number of aromatic nitrogens is 1. The smallest absolute Gasteiger partial charge is 0.257 e. The molecule has 144 valence electrons. The molecule has 0 saturated carbocycles. The SMILES string of the molecule is CCCC(C)/C=C/C(=O)CSc1nc(-c2ccccc2)c(-c2ccccc2)o1. The summed E-state index contributed by atoms with van der Waals surface area (Å²) in [6.45, 7) is 4.28. The Bertz CT molecular complexity index is 859. The summed E-state index contributed by atoms with van der Waals surface area (Å²) >= 11 is 1.34. The molecule has 0 amide bonds. The lowest BCUT2D eigenvalue weighted by Crippen LogP contribution is -1.98. The molecule has 1 atom stereocenters. The number of benzene rings is 2. The lowest BCUT2D eigenvalue weighted by Gasteiger charge is -2.01. The van der Waals surface area contributed by atoms with Gasteiger partial charge in [-0.05, 0) is 18.4 Å². The standard InChI is InChI=1S/C24H25NO2S/c1-3-10-18(2)15-16-21(26)17-28-24-25-22(19-11-6-4-7-12-19)23(27-24)20-13-8-5-9-14-20/h4-9,11-16,18H,3,10,17H2,1-2H3/b16-15+. The van der Waals surface area contributed by atoms with Crippen molar-refractivity contribution in [1.82, 2.24) is 4.98 Å². The lowest BCUT2D eigenvalue weighted by molar-refractivity contribution is -0.112. The zero-order chi connectivity index (χ0) is 19.8. The van der Waals surface area contributed by atoms with E-state index in [4.69, 9.17) is 4.42 Å². The minimum Gasteiger partial charge on any atom is -0.431 e. The fourth-order valence-corrected chi connectivity index (χ4v) is 3.60. The fourth-order valence-electron chi connectivity index (χ4n) is 2.94. The number of allylic oxidation sites excluding steroid dienone is 2. The molecule has 2 aromatic carbocycles. The van der Waals surface area contributed by atoms with Gasteiger partial charge in [0, 0.05) is 11.1 Å². The minimum absolute atomic E-state index is 0.0775. The Morgan fingerprint density at radius 3 is 2.36 bits per heavy atom. The van der Waals surface area contributed by atoms with Gasteiger partial charge in [-0.3, -0.25) is 4.79 Å². The molecule has 1 unspecified atom stereocenters. The maximum atomic E-state index is 12.2. The molecule has 1 heterocycles. The number of rotatable bonds is 9. The molecule has 0 bridgehead atoms. The van der Waals surface area contributed by atoms with Crippen molar-refractivity contribution in [2.24, 2.45) is 5.92 Å².